The van der Waals surface area contributed by atoms with Gasteiger partial charge in [-0.25, -0.2) is 8.42 Å². The zero-order chi connectivity index (χ0) is 14.9. The van der Waals surface area contributed by atoms with Crippen molar-refractivity contribution in [1.82, 2.24) is 4.72 Å². The Morgan fingerprint density at radius 1 is 1.05 bits per heavy atom. The fourth-order valence-electron chi connectivity index (χ4n) is 2.18. The summed E-state index contributed by atoms with van der Waals surface area (Å²) in [6, 6.07) is 14.6. The standard InChI is InChI=1S/C15H13ClN2O2S/c16-12-7-4-8-13-15(12)21(19,20)18-14(17-13)10-9-11-5-2-1-3-6-11/h1-10,14,17-18H/b10-9+. The SMILES string of the molecule is O=S1(=O)NC(/C=C/c2ccccc2)Nc2cccc(Cl)c21. The Hall–Kier alpha value is -1.82. The Bertz CT molecular complexity index is 789. The largest absolute Gasteiger partial charge is 0.365 e. The molecule has 1 heterocycles. The molecule has 2 aromatic rings. The highest BCUT2D eigenvalue weighted by Gasteiger charge is 2.29. The van der Waals surface area contributed by atoms with E-state index in [9.17, 15) is 8.42 Å². The number of nitrogens with one attached hydrogen (secondary N) is 2. The van der Waals surface area contributed by atoms with Crippen molar-refractivity contribution in [3.63, 3.8) is 0 Å². The molecule has 0 amide bonds. The molecule has 0 aromatic heterocycles. The van der Waals surface area contributed by atoms with Gasteiger partial charge in [-0.1, -0.05) is 54.1 Å². The number of sulfonamides is 1. The van der Waals surface area contributed by atoms with Crippen molar-refractivity contribution in [2.75, 3.05) is 5.32 Å². The minimum atomic E-state index is -3.62. The third kappa shape index (κ3) is 2.95. The van der Waals surface area contributed by atoms with Gasteiger partial charge < -0.3 is 5.32 Å². The Morgan fingerprint density at radius 2 is 1.81 bits per heavy atom. The Balaban J connectivity index is 1.91. The molecule has 0 spiro atoms. The maximum absolute atomic E-state index is 12.2. The van der Waals surface area contributed by atoms with Crippen LogP contribution in [0.1, 0.15) is 5.56 Å². The second-order valence-electron chi connectivity index (χ2n) is 4.63. The predicted molar refractivity (Wildman–Crippen MR) is 84.7 cm³/mol. The van der Waals surface area contributed by atoms with Crippen molar-refractivity contribution in [3.05, 3.63) is 65.2 Å². The van der Waals surface area contributed by atoms with Gasteiger partial charge >= 0.3 is 0 Å². The zero-order valence-electron chi connectivity index (χ0n) is 11.0. The molecule has 0 aliphatic carbocycles. The highest BCUT2D eigenvalue weighted by molar-refractivity contribution is 7.89. The van der Waals surface area contributed by atoms with Gasteiger partial charge in [-0.05, 0) is 23.8 Å². The van der Waals surface area contributed by atoms with Gasteiger partial charge in [0.2, 0.25) is 10.0 Å². The molecule has 108 valence electrons. The van der Waals surface area contributed by atoms with E-state index >= 15 is 0 Å². The highest BCUT2D eigenvalue weighted by Crippen LogP contribution is 2.32. The second-order valence-corrected chi connectivity index (χ2v) is 6.69. The number of hydrogen-bond acceptors (Lipinski definition) is 3. The number of benzene rings is 2. The second kappa shape index (κ2) is 5.52. The van der Waals surface area contributed by atoms with Crippen molar-refractivity contribution in [1.29, 1.82) is 0 Å². The highest BCUT2D eigenvalue weighted by atomic mass is 35.5. The van der Waals surface area contributed by atoms with Crippen molar-refractivity contribution < 1.29 is 8.42 Å². The Labute approximate surface area is 128 Å². The fourth-order valence-corrected chi connectivity index (χ4v) is 3.99. The molecule has 4 nitrogen and oxygen atoms in total. The van der Waals surface area contributed by atoms with Crippen LogP contribution < -0.4 is 10.0 Å². The van der Waals surface area contributed by atoms with Crippen molar-refractivity contribution in [3.8, 4) is 0 Å². The summed E-state index contributed by atoms with van der Waals surface area (Å²) in [6.45, 7) is 0. The van der Waals surface area contributed by atoms with Crippen molar-refractivity contribution in [2.24, 2.45) is 0 Å². The first-order chi connectivity index (χ1) is 10.1. The molecule has 0 saturated carbocycles. The molecule has 0 saturated heterocycles. The summed E-state index contributed by atoms with van der Waals surface area (Å²) in [7, 11) is -3.62. The third-order valence-corrected chi connectivity index (χ3v) is 5.08. The van der Waals surface area contributed by atoms with Crippen LogP contribution in [0.25, 0.3) is 6.08 Å². The summed E-state index contributed by atoms with van der Waals surface area (Å²) in [6.07, 6.45) is 3.10. The van der Waals surface area contributed by atoms with Crippen molar-refractivity contribution in [2.45, 2.75) is 11.1 Å². The Morgan fingerprint density at radius 3 is 2.57 bits per heavy atom. The van der Waals surface area contributed by atoms with Crippen LogP contribution in [0.4, 0.5) is 5.69 Å². The summed E-state index contributed by atoms with van der Waals surface area (Å²) in [5.41, 5.74) is 1.50. The van der Waals surface area contributed by atoms with Crippen LogP contribution in [0.5, 0.6) is 0 Å². The average molecular weight is 321 g/mol. The predicted octanol–water partition coefficient (Wildman–Crippen LogP) is 3.08. The fraction of sp³-hybridized carbons (Fsp3) is 0.0667. The molecule has 6 heteroatoms. The van der Waals surface area contributed by atoms with Crippen LogP contribution in [0.15, 0.2) is 59.5 Å². The summed E-state index contributed by atoms with van der Waals surface area (Å²) in [5.74, 6) is 0. The third-order valence-electron chi connectivity index (χ3n) is 3.11. The lowest BCUT2D eigenvalue weighted by Crippen LogP contribution is -2.43. The van der Waals surface area contributed by atoms with Crippen LogP contribution >= 0.6 is 11.6 Å². The molecular weight excluding hydrogens is 308 g/mol. The van der Waals surface area contributed by atoms with E-state index in [4.69, 9.17) is 11.6 Å². The van der Waals surface area contributed by atoms with E-state index < -0.39 is 16.2 Å². The van der Waals surface area contributed by atoms with E-state index in [0.717, 1.165) is 5.56 Å². The minimum absolute atomic E-state index is 0.0935. The molecule has 2 N–H and O–H groups in total. The average Bonchev–Trinajstić information content (AvgIpc) is 2.45. The van der Waals surface area contributed by atoms with Crippen LogP contribution in [0.2, 0.25) is 5.02 Å². The zero-order valence-corrected chi connectivity index (χ0v) is 12.5. The molecule has 1 unspecified atom stereocenters. The summed E-state index contributed by atoms with van der Waals surface area (Å²) in [5, 5.41) is 3.31. The van der Waals surface area contributed by atoms with E-state index in [-0.39, 0.29) is 9.92 Å². The summed E-state index contributed by atoms with van der Waals surface area (Å²) >= 11 is 5.97. The van der Waals surface area contributed by atoms with Gasteiger partial charge in [0.1, 0.15) is 11.1 Å². The first-order valence-corrected chi connectivity index (χ1v) is 8.23. The number of halogens is 1. The number of hydrogen-bond donors (Lipinski definition) is 2. The quantitative estimate of drug-likeness (QED) is 0.894. The van der Waals surface area contributed by atoms with Gasteiger partial charge in [0.05, 0.1) is 10.7 Å². The van der Waals surface area contributed by atoms with Gasteiger partial charge in [0.25, 0.3) is 0 Å². The lowest BCUT2D eigenvalue weighted by atomic mass is 10.2. The molecule has 0 fully saturated rings. The normalized spacial score (nSPS) is 20.0. The van der Waals surface area contributed by atoms with Crippen LogP contribution in [-0.2, 0) is 10.0 Å². The van der Waals surface area contributed by atoms with Gasteiger partial charge in [-0.3, -0.25) is 0 Å². The molecule has 3 rings (SSSR count). The monoisotopic (exact) mass is 320 g/mol. The number of anilines is 1. The first kappa shape index (κ1) is 14.1. The lowest BCUT2D eigenvalue weighted by molar-refractivity contribution is 0.573. The van der Waals surface area contributed by atoms with Gasteiger partial charge in [-0.2, -0.15) is 4.72 Å². The first-order valence-electron chi connectivity index (χ1n) is 6.37. The molecule has 1 aliphatic rings. The maximum Gasteiger partial charge on any atom is 0.246 e. The molecule has 1 atom stereocenters. The lowest BCUT2D eigenvalue weighted by Gasteiger charge is -2.26. The minimum Gasteiger partial charge on any atom is -0.365 e. The molecule has 0 bridgehead atoms. The van der Waals surface area contributed by atoms with Gasteiger partial charge in [0, 0.05) is 0 Å². The number of fused-ring (bicyclic) bond motifs is 1. The van der Waals surface area contributed by atoms with Gasteiger partial charge in [-0.15, -0.1) is 0 Å². The maximum atomic E-state index is 12.2. The van der Waals surface area contributed by atoms with Gasteiger partial charge in [0.15, 0.2) is 0 Å². The van der Waals surface area contributed by atoms with Crippen LogP contribution in [-0.4, -0.2) is 14.6 Å². The van der Waals surface area contributed by atoms with Crippen LogP contribution in [0.3, 0.4) is 0 Å². The topological polar surface area (TPSA) is 58.2 Å². The van der Waals surface area contributed by atoms with Crippen LogP contribution in [0, 0.1) is 0 Å². The van der Waals surface area contributed by atoms with Crippen molar-refractivity contribution >= 4 is 33.4 Å². The number of rotatable bonds is 2. The smallest absolute Gasteiger partial charge is 0.246 e. The molecule has 2 aromatic carbocycles. The van der Waals surface area contributed by atoms with E-state index in [0.29, 0.717) is 5.69 Å². The molecular formula is C15H13ClN2O2S. The van der Waals surface area contributed by atoms with E-state index in [1.54, 1.807) is 24.3 Å². The summed E-state index contributed by atoms with van der Waals surface area (Å²) < 4.78 is 27.0. The Kier molecular flexibility index (Phi) is 3.71. The summed E-state index contributed by atoms with van der Waals surface area (Å²) in [4.78, 5) is 0.0935. The molecule has 21 heavy (non-hydrogen) atoms. The van der Waals surface area contributed by atoms with E-state index in [1.807, 2.05) is 36.4 Å². The molecule has 0 radical (unpaired) electrons. The molecule has 1 aliphatic heterocycles. The van der Waals surface area contributed by atoms with E-state index in [1.165, 1.54) is 0 Å². The van der Waals surface area contributed by atoms with E-state index in [2.05, 4.69) is 10.0 Å².